The zero-order valence-electron chi connectivity index (χ0n) is 22.1. The van der Waals surface area contributed by atoms with Crippen molar-refractivity contribution in [2.24, 2.45) is 5.92 Å². The summed E-state index contributed by atoms with van der Waals surface area (Å²) >= 11 is 6.06. The highest BCUT2D eigenvalue weighted by molar-refractivity contribution is 7.89. The number of nitrogens with zero attached hydrogens (tertiary/aromatic N) is 2. The van der Waals surface area contributed by atoms with E-state index >= 15 is 0 Å². The third kappa shape index (κ3) is 5.55. The van der Waals surface area contributed by atoms with Crippen LogP contribution in [0.2, 0.25) is 5.02 Å². The summed E-state index contributed by atoms with van der Waals surface area (Å²) in [4.78, 5) is 20.6. The van der Waals surface area contributed by atoms with Crippen LogP contribution in [0.25, 0.3) is 0 Å². The van der Waals surface area contributed by atoms with Crippen LogP contribution in [0.4, 0.5) is 5.69 Å². The minimum Gasteiger partial charge on any atom is -0.306 e. The summed E-state index contributed by atoms with van der Waals surface area (Å²) in [5.41, 5.74) is 5.61. The Hall–Kier alpha value is -3.52. The van der Waals surface area contributed by atoms with Crippen LogP contribution in [-0.4, -0.2) is 19.3 Å². The van der Waals surface area contributed by atoms with Crippen molar-refractivity contribution in [3.8, 4) is 0 Å². The van der Waals surface area contributed by atoms with Gasteiger partial charge in [0.25, 0.3) is 0 Å². The largest absolute Gasteiger partial charge is 0.306 e. The van der Waals surface area contributed by atoms with Gasteiger partial charge in [0.1, 0.15) is 0 Å². The van der Waals surface area contributed by atoms with E-state index in [0.717, 1.165) is 41.0 Å². The van der Waals surface area contributed by atoms with Crippen LogP contribution >= 0.6 is 11.6 Å². The van der Waals surface area contributed by atoms with Crippen molar-refractivity contribution in [2.45, 2.75) is 49.6 Å². The van der Waals surface area contributed by atoms with E-state index in [-0.39, 0.29) is 22.6 Å². The highest BCUT2D eigenvalue weighted by Gasteiger charge is 2.46. The highest BCUT2D eigenvalue weighted by Crippen LogP contribution is 2.49. The SMILES string of the molecule is Cc1cccc(CN(C(=O)[C@@H]2C[C@@H]2c2ccccc2)c2ccc3c(c2)[C@@H](NS(=O)(=O)c2cccc(Cl)c2)CC3)n1. The lowest BCUT2D eigenvalue weighted by Crippen LogP contribution is -2.33. The Morgan fingerprint density at radius 3 is 2.58 bits per heavy atom. The number of sulfonamides is 1. The van der Waals surface area contributed by atoms with E-state index in [2.05, 4.69) is 21.8 Å². The number of nitrogens with one attached hydrogen (secondary N) is 1. The summed E-state index contributed by atoms with van der Waals surface area (Å²) in [5.74, 6) is 0.164. The first-order chi connectivity index (χ1) is 19.3. The number of halogens is 1. The van der Waals surface area contributed by atoms with Gasteiger partial charge >= 0.3 is 0 Å². The molecular weight excluding hydrogens is 542 g/mol. The number of fused-ring (bicyclic) bond motifs is 1. The average molecular weight is 572 g/mol. The lowest BCUT2D eigenvalue weighted by atomic mass is 10.1. The normalized spacial score (nSPS) is 19.7. The number of hydrogen-bond donors (Lipinski definition) is 1. The van der Waals surface area contributed by atoms with Crippen LogP contribution < -0.4 is 9.62 Å². The summed E-state index contributed by atoms with van der Waals surface area (Å²) in [5, 5.41) is 0.366. The van der Waals surface area contributed by atoms with E-state index in [1.165, 1.54) is 17.7 Å². The van der Waals surface area contributed by atoms with Crippen molar-refractivity contribution < 1.29 is 13.2 Å². The van der Waals surface area contributed by atoms with Crippen LogP contribution in [0.1, 0.15) is 52.9 Å². The molecule has 1 heterocycles. The van der Waals surface area contributed by atoms with Crippen LogP contribution in [0.5, 0.6) is 0 Å². The molecule has 4 aromatic rings. The Bertz CT molecular complexity index is 1680. The first-order valence-electron chi connectivity index (χ1n) is 13.5. The fraction of sp³-hybridized carbons (Fsp3) is 0.250. The van der Waals surface area contributed by atoms with E-state index in [9.17, 15) is 13.2 Å². The molecule has 1 amide bonds. The van der Waals surface area contributed by atoms with E-state index in [1.54, 1.807) is 12.1 Å². The molecule has 0 spiro atoms. The molecule has 0 bridgehead atoms. The minimum absolute atomic E-state index is 0.0613. The maximum atomic E-state index is 14.0. The second kappa shape index (κ2) is 10.8. The molecule has 3 aromatic carbocycles. The zero-order valence-corrected chi connectivity index (χ0v) is 23.7. The second-order valence-corrected chi connectivity index (χ2v) is 12.8. The van der Waals surface area contributed by atoms with Gasteiger partial charge < -0.3 is 4.90 Å². The number of carbonyl (C=O) groups is 1. The first kappa shape index (κ1) is 26.7. The summed E-state index contributed by atoms with van der Waals surface area (Å²) in [6.07, 6.45) is 2.21. The van der Waals surface area contributed by atoms with Crippen LogP contribution in [0.3, 0.4) is 0 Å². The van der Waals surface area contributed by atoms with Gasteiger partial charge in [0.2, 0.25) is 15.9 Å². The molecule has 8 heteroatoms. The molecule has 1 saturated carbocycles. The van der Waals surface area contributed by atoms with Gasteiger partial charge in [-0.25, -0.2) is 13.1 Å². The predicted molar refractivity (Wildman–Crippen MR) is 157 cm³/mol. The van der Waals surface area contributed by atoms with Gasteiger partial charge in [-0.3, -0.25) is 9.78 Å². The van der Waals surface area contributed by atoms with Gasteiger partial charge in [-0.05, 0) is 91.3 Å². The monoisotopic (exact) mass is 571 g/mol. The van der Waals surface area contributed by atoms with E-state index in [4.69, 9.17) is 11.6 Å². The minimum atomic E-state index is -3.78. The molecule has 1 aromatic heterocycles. The maximum Gasteiger partial charge on any atom is 0.241 e. The molecule has 0 aliphatic heterocycles. The lowest BCUT2D eigenvalue weighted by Gasteiger charge is -2.25. The van der Waals surface area contributed by atoms with Crippen molar-refractivity contribution >= 4 is 33.2 Å². The van der Waals surface area contributed by atoms with Gasteiger partial charge in [0.15, 0.2) is 0 Å². The third-order valence-corrected chi connectivity index (χ3v) is 9.49. The van der Waals surface area contributed by atoms with Gasteiger partial charge in [0.05, 0.1) is 17.1 Å². The number of anilines is 1. The van der Waals surface area contributed by atoms with Gasteiger partial charge in [-0.2, -0.15) is 0 Å². The summed E-state index contributed by atoms with van der Waals surface area (Å²) in [7, 11) is -3.78. The fourth-order valence-electron chi connectivity index (χ4n) is 5.65. The molecule has 6 nitrogen and oxygen atoms in total. The Kier molecular flexibility index (Phi) is 7.21. The fourth-order valence-corrected chi connectivity index (χ4v) is 7.20. The molecule has 2 aliphatic rings. The zero-order chi connectivity index (χ0) is 27.9. The van der Waals surface area contributed by atoms with Crippen molar-refractivity contribution in [2.75, 3.05) is 4.90 Å². The third-order valence-electron chi connectivity index (χ3n) is 7.79. The number of aromatic nitrogens is 1. The van der Waals surface area contributed by atoms with Crippen LogP contribution in [-0.2, 0) is 27.8 Å². The number of carbonyl (C=O) groups excluding carboxylic acids is 1. The molecule has 0 saturated heterocycles. The van der Waals surface area contributed by atoms with Crippen LogP contribution in [0, 0.1) is 12.8 Å². The molecule has 0 radical (unpaired) electrons. The molecule has 3 atom stereocenters. The van der Waals surface area contributed by atoms with E-state index in [1.807, 2.05) is 66.4 Å². The van der Waals surface area contributed by atoms with Crippen molar-refractivity contribution in [3.63, 3.8) is 0 Å². The van der Waals surface area contributed by atoms with Crippen molar-refractivity contribution in [3.05, 3.63) is 124 Å². The highest BCUT2D eigenvalue weighted by atomic mass is 35.5. The Balaban J connectivity index is 1.30. The number of hydrogen-bond acceptors (Lipinski definition) is 4. The van der Waals surface area contributed by atoms with Crippen molar-refractivity contribution in [1.82, 2.24) is 9.71 Å². The first-order valence-corrected chi connectivity index (χ1v) is 15.3. The number of rotatable bonds is 8. The average Bonchev–Trinajstić information content (AvgIpc) is 3.67. The predicted octanol–water partition coefficient (Wildman–Crippen LogP) is 6.35. The number of aryl methyl sites for hydroxylation is 2. The standard InChI is InChI=1S/C32H30ClN3O3S/c1-21-7-5-11-25(34-21)20-36(32(37)30-19-28(30)22-8-3-2-4-9-22)26-15-13-23-14-16-31(29(23)18-26)35-40(38,39)27-12-6-10-24(33)17-27/h2-13,15,17-18,28,30-31,35H,14,16,19-20H2,1H3/t28-,30-,31+/m1/s1. The molecule has 1 N–H and O–H groups in total. The Morgan fingerprint density at radius 1 is 1.00 bits per heavy atom. The van der Waals surface area contributed by atoms with Gasteiger partial charge in [-0.15, -0.1) is 0 Å². The van der Waals surface area contributed by atoms with E-state index in [0.29, 0.717) is 18.0 Å². The van der Waals surface area contributed by atoms with E-state index < -0.39 is 16.1 Å². The van der Waals surface area contributed by atoms with Crippen molar-refractivity contribution in [1.29, 1.82) is 0 Å². The maximum absolute atomic E-state index is 14.0. The van der Waals surface area contributed by atoms with Gasteiger partial charge in [0, 0.05) is 28.4 Å². The smallest absolute Gasteiger partial charge is 0.241 e. The molecule has 2 aliphatic carbocycles. The topological polar surface area (TPSA) is 79.4 Å². The summed E-state index contributed by atoms with van der Waals surface area (Å²) < 4.78 is 29.2. The summed E-state index contributed by atoms with van der Waals surface area (Å²) in [6, 6.07) is 27.8. The van der Waals surface area contributed by atoms with Crippen LogP contribution in [0.15, 0.2) is 95.9 Å². The quantitative estimate of drug-likeness (QED) is 0.267. The van der Waals surface area contributed by atoms with Gasteiger partial charge in [-0.1, -0.05) is 60.1 Å². The molecule has 1 fully saturated rings. The molecule has 40 heavy (non-hydrogen) atoms. The lowest BCUT2D eigenvalue weighted by molar-refractivity contribution is -0.120. The Morgan fingerprint density at radius 2 is 1.80 bits per heavy atom. The Labute approximate surface area is 240 Å². The second-order valence-electron chi connectivity index (χ2n) is 10.6. The summed E-state index contributed by atoms with van der Waals surface area (Å²) in [6.45, 7) is 2.28. The number of amides is 1. The number of pyridine rings is 1. The number of benzene rings is 3. The molecule has 204 valence electrons. The molecule has 0 unspecified atom stereocenters. The molecule has 6 rings (SSSR count). The molecular formula is C32H30ClN3O3S.